The minimum Gasteiger partial charge on any atom is -0.354 e. The van der Waals surface area contributed by atoms with E-state index < -0.39 is 0 Å². The molecule has 1 atom stereocenters. The summed E-state index contributed by atoms with van der Waals surface area (Å²) in [6.45, 7) is 6.82. The van der Waals surface area contributed by atoms with Crippen molar-refractivity contribution in [1.29, 1.82) is 0 Å². The van der Waals surface area contributed by atoms with Crippen molar-refractivity contribution in [3.05, 3.63) is 23.5 Å². The molecule has 2 rings (SSSR count). The molecule has 3 heteroatoms. The van der Waals surface area contributed by atoms with Gasteiger partial charge in [0, 0.05) is 25.0 Å². The average Bonchev–Trinajstić information content (AvgIpc) is 2.77. The van der Waals surface area contributed by atoms with Crippen molar-refractivity contribution in [3.63, 3.8) is 0 Å². The lowest BCUT2D eigenvalue weighted by Crippen LogP contribution is -2.21. The Labute approximate surface area is 128 Å². The molecular formula is C17H30N2S. The highest BCUT2D eigenvalue weighted by Gasteiger charge is 2.19. The van der Waals surface area contributed by atoms with E-state index in [1.807, 2.05) is 0 Å². The highest BCUT2D eigenvalue weighted by Crippen LogP contribution is 2.29. The molecule has 1 aliphatic carbocycles. The van der Waals surface area contributed by atoms with Gasteiger partial charge in [-0.15, -0.1) is 0 Å². The van der Waals surface area contributed by atoms with Crippen LogP contribution in [0.25, 0.3) is 0 Å². The summed E-state index contributed by atoms with van der Waals surface area (Å²) in [4.78, 5) is 0. The lowest BCUT2D eigenvalue weighted by Gasteiger charge is -2.16. The fourth-order valence-electron chi connectivity index (χ4n) is 3.07. The Kier molecular flexibility index (Phi) is 7.01. The van der Waals surface area contributed by atoms with Crippen LogP contribution >= 0.6 is 11.8 Å². The third-order valence-corrected chi connectivity index (χ3v) is 5.10. The number of hydrogen-bond acceptors (Lipinski definition) is 2. The summed E-state index contributed by atoms with van der Waals surface area (Å²) in [5.41, 5.74) is 3.18. The van der Waals surface area contributed by atoms with E-state index in [0.29, 0.717) is 6.04 Å². The maximum absolute atomic E-state index is 3.74. The zero-order valence-corrected chi connectivity index (χ0v) is 14.0. The van der Waals surface area contributed by atoms with Gasteiger partial charge in [0.2, 0.25) is 0 Å². The molecule has 0 saturated carbocycles. The Hall–Kier alpha value is -0.410. The van der Waals surface area contributed by atoms with Crippen molar-refractivity contribution in [2.75, 3.05) is 18.1 Å². The van der Waals surface area contributed by atoms with E-state index in [9.17, 15) is 0 Å². The molecule has 1 aliphatic rings. The molecule has 0 aliphatic heterocycles. The highest BCUT2D eigenvalue weighted by molar-refractivity contribution is 7.99. The third kappa shape index (κ3) is 4.56. The number of nitrogens with one attached hydrogen (secondary N) is 1. The quantitative estimate of drug-likeness (QED) is 0.565. The van der Waals surface area contributed by atoms with E-state index in [0.717, 1.165) is 6.54 Å². The van der Waals surface area contributed by atoms with Gasteiger partial charge in [-0.2, -0.15) is 11.8 Å². The lowest BCUT2D eigenvalue weighted by atomic mass is 10.0. The minimum atomic E-state index is 0.596. The van der Waals surface area contributed by atoms with E-state index in [1.165, 1.54) is 56.6 Å². The van der Waals surface area contributed by atoms with Crippen LogP contribution in [0.4, 0.5) is 0 Å². The first-order valence-electron chi connectivity index (χ1n) is 8.34. The van der Waals surface area contributed by atoms with E-state index >= 15 is 0 Å². The lowest BCUT2D eigenvalue weighted by molar-refractivity contribution is 0.487. The van der Waals surface area contributed by atoms with E-state index in [-0.39, 0.29) is 0 Å². The first-order chi connectivity index (χ1) is 9.85. The van der Waals surface area contributed by atoms with Crippen molar-refractivity contribution in [3.8, 4) is 0 Å². The van der Waals surface area contributed by atoms with Crippen LogP contribution in [0.15, 0.2) is 12.4 Å². The van der Waals surface area contributed by atoms with Crippen LogP contribution in [0.1, 0.15) is 63.1 Å². The van der Waals surface area contributed by atoms with Crippen molar-refractivity contribution in [2.24, 2.45) is 0 Å². The number of fused-ring (bicyclic) bond motifs is 1. The van der Waals surface area contributed by atoms with Gasteiger partial charge in [0.15, 0.2) is 0 Å². The maximum Gasteiger partial charge on any atom is 0.0338 e. The molecule has 2 nitrogen and oxygen atoms in total. The summed E-state index contributed by atoms with van der Waals surface area (Å²) < 4.78 is 2.44. The second kappa shape index (κ2) is 8.78. The van der Waals surface area contributed by atoms with Crippen LogP contribution in [-0.4, -0.2) is 22.6 Å². The molecule has 1 N–H and O–H groups in total. The molecule has 20 heavy (non-hydrogen) atoms. The number of nitrogens with zero attached hydrogens (tertiary/aromatic N) is 1. The number of thioether (sulfide) groups is 1. The van der Waals surface area contributed by atoms with Crippen LogP contribution in [-0.2, 0) is 13.0 Å². The van der Waals surface area contributed by atoms with Crippen LogP contribution in [0.5, 0.6) is 0 Å². The maximum atomic E-state index is 3.74. The van der Waals surface area contributed by atoms with Gasteiger partial charge < -0.3 is 9.88 Å². The van der Waals surface area contributed by atoms with E-state index in [2.05, 4.69) is 47.9 Å². The second-order valence-electron chi connectivity index (χ2n) is 5.78. The summed E-state index contributed by atoms with van der Waals surface area (Å²) in [7, 11) is 0. The number of hydrogen-bond donors (Lipinski definition) is 1. The largest absolute Gasteiger partial charge is 0.354 e. The van der Waals surface area contributed by atoms with Gasteiger partial charge in [0.05, 0.1) is 0 Å². The third-order valence-electron chi connectivity index (χ3n) is 4.11. The molecule has 0 fully saturated rings. The molecule has 0 bridgehead atoms. The predicted octanol–water partition coefficient (Wildman–Crippen LogP) is 4.40. The molecule has 1 heterocycles. The minimum absolute atomic E-state index is 0.596. The number of aromatic nitrogens is 1. The average molecular weight is 295 g/mol. The van der Waals surface area contributed by atoms with Crippen molar-refractivity contribution in [1.82, 2.24) is 9.88 Å². The zero-order valence-electron chi connectivity index (χ0n) is 13.2. The highest BCUT2D eigenvalue weighted by atomic mass is 32.2. The Bertz CT molecular complexity index is 386. The molecule has 114 valence electrons. The van der Waals surface area contributed by atoms with Gasteiger partial charge in [-0.25, -0.2) is 0 Å². The molecule has 0 amide bonds. The van der Waals surface area contributed by atoms with Crippen LogP contribution in [0.3, 0.4) is 0 Å². The molecule has 0 spiro atoms. The van der Waals surface area contributed by atoms with Gasteiger partial charge in [-0.05, 0) is 61.3 Å². The molecular weight excluding hydrogens is 264 g/mol. The Balaban J connectivity index is 1.97. The number of rotatable bonds is 8. The monoisotopic (exact) mass is 294 g/mol. The Morgan fingerprint density at radius 1 is 1.30 bits per heavy atom. The van der Waals surface area contributed by atoms with Gasteiger partial charge in [-0.1, -0.05) is 20.3 Å². The molecule has 1 aromatic rings. The predicted molar refractivity (Wildman–Crippen MR) is 90.6 cm³/mol. The van der Waals surface area contributed by atoms with E-state index in [1.54, 1.807) is 11.1 Å². The Morgan fingerprint density at radius 3 is 3.00 bits per heavy atom. The number of aryl methyl sites for hydroxylation is 2. The Morgan fingerprint density at radius 2 is 2.20 bits per heavy atom. The summed E-state index contributed by atoms with van der Waals surface area (Å²) in [6.07, 6.45) is 12.7. The van der Waals surface area contributed by atoms with E-state index in [4.69, 9.17) is 0 Å². The second-order valence-corrected chi connectivity index (χ2v) is 7.17. The molecule has 0 radical (unpaired) electrons. The van der Waals surface area contributed by atoms with Crippen molar-refractivity contribution in [2.45, 2.75) is 65.0 Å². The fourth-order valence-corrected chi connectivity index (χ4v) is 3.69. The smallest absolute Gasteiger partial charge is 0.0338 e. The zero-order chi connectivity index (χ0) is 14.2. The summed E-state index contributed by atoms with van der Waals surface area (Å²) >= 11 is 2.05. The van der Waals surface area contributed by atoms with Gasteiger partial charge in [-0.3, -0.25) is 0 Å². The topological polar surface area (TPSA) is 17.0 Å². The molecule has 1 aromatic heterocycles. The SMILES string of the molecule is CCCNC1CCCCc2cn(CCCSCC)cc21. The van der Waals surface area contributed by atoms with Crippen LogP contribution < -0.4 is 5.32 Å². The van der Waals surface area contributed by atoms with Crippen molar-refractivity contribution >= 4 is 11.8 Å². The van der Waals surface area contributed by atoms with Gasteiger partial charge in [0.1, 0.15) is 0 Å². The summed E-state index contributed by atoms with van der Waals surface area (Å²) in [5, 5.41) is 3.74. The van der Waals surface area contributed by atoms with Gasteiger partial charge in [0.25, 0.3) is 0 Å². The van der Waals surface area contributed by atoms with Crippen molar-refractivity contribution < 1.29 is 0 Å². The van der Waals surface area contributed by atoms with Crippen LogP contribution in [0.2, 0.25) is 0 Å². The van der Waals surface area contributed by atoms with Crippen LogP contribution in [0, 0.1) is 0 Å². The fraction of sp³-hybridized carbons (Fsp3) is 0.765. The molecule has 0 saturated heterocycles. The summed E-state index contributed by atoms with van der Waals surface area (Å²) in [6, 6.07) is 0.596. The standard InChI is InChI=1S/C17H30N2S/c1-3-10-18-17-9-6-5-8-15-13-19(14-16(15)17)11-7-12-20-4-2/h13-14,17-18H,3-12H2,1-2H3. The first kappa shape index (κ1) is 16.0. The molecule has 0 aromatic carbocycles. The first-order valence-corrected chi connectivity index (χ1v) is 9.50. The van der Waals surface area contributed by atoms with Gasteiger partial charge >= 0.3 is 0 Å². The summed E-state index contributed by atoms with van der Waals surface area (Å²) in [5.74, 6) is 2.53. The normalized spacial score (nSPS) is 18.8. The molecule has 1 unspecified atom stereocenters.